The molecule has 0 saturated carbocycles. The number of hydrogen-bond acceptors (Lipinski definition) is 4. The zero-order valence-electron chi connectivity index (χ0n) is 14.5. The van der Waals surface area contributed by atoms with Crippen LogP contribution in [0.15, 0.2) is 18.2 Å². The van der Waals surface area contributed by atoms with E-state index >= 15 is 0 Å². The number of carbonyl (C=O) groups is 2. The summed E-state index contributed by atoms with van der Waals surface area (Å²) in [6.45, 7) is 9.09. The first kappa shape index (κ1) is 17.9. The molecule has 7 heteroatoms. The molecule has 1 aromatic rings. The Bertz CT molecular complexity index is 671. The largest absolute Gasteiger partial charge is 0.339 e. The van der Waals surface area contributed by atoms with Crippen molar-refractivity contribution in [2.24, 2.45) is 5.41 Å². The predicted octanol–water partition coefficient (Wildman–Crippen LogP) is 2.23. The first-order valence-electron chi connectivity index (χ1n) is 7.95. The summed E-state index contributed by atoms with van der Waals surface area (Å²) in [6, 6.07) is 4.52. The SMILES string of the molecule is Cc1ccc(C(=O)N2CCN(C(=O)C(C)(C)C)CC2)cc1[N+](=O)[O-]. The van der Waals surface area contributed by atoms with Crippen LogP contribution < -0.4 is 0 Å². The van der Waals surface area contributed by atoms with Gasteiger partial charge < -0.3 is 9.80 Å². The Hall–Kier alpha value is -2.44. The summed E-state index contributed by atoms with van der Waals surface area (Å²) in [7, 11) is 0. The van der Waals surface area contributed by atoms with Gasteiger partial charge in [0.1, 0.15) is 0 Å². The molecule has 0 N–H and O–H groups in total. The van der Waals surface area contributed by atoms with Crippen LogP contribution in [0.1, 0.15) is 36.7 Å². The molecule has 7 nitrogen and oxygen atoms in total. The van der Waals surface area contributed by atoms with Gasteiger partial charge in [-0.2, -0.15) is 0 Å². The van der Waals surface area contributed by atoms with Crippen molar-refractivity contribution in [1.82, 2.24) is 9.80 Å². The summed E-state index contributed by atoms with van der Waals surface area (Å²) in [4.78, 5) is 38.8. The molecule has 1 fully saturated rings. The van der Waals surface area contributed by atoms with E-state index in [1.807, 2.05) is 20.8 Å². The Balaban J connectivity index is 2.07. The van der Waals surface area contributed by atoms with Gasteiger partial charge in [-0.05, 0) is 13.0 Å². The first-order chi connectivity index (χ1) is 11.1. The predicted molar refractivity (Wildman–Crippen MR) is 89.8 cm³/mol. The van der Waals surface area contributed by atoms with Gasteiger partial charge in [-0.25, -0.2) is 0 Å². The molecule has 1 heterocycles. The molecule has 130 valence electrons. The number of nitro benzene ring substituents is 1. The normalized spacial score (nSPS) is 15.3. The molecule has 2 amide bonds. The molecule has 24 heavy (non-hydrogen) atoms. The molecule has 1 aliphatic heterocycles. The smallest absolute Gasteiger partial charge is 0.273 e. The van der Waals surface area contributed by atoms with E-state index in [9.17, 15) is 19.7 Å². The van der Waals surface area contributed by atoms with E-state index in [-0.39, 0.29) is 17.5 Å². The number of piperazine rings is 1. The average Bonchev–Trinajstić information content (AvgIpc) is 2.53. The molecule has 1 aliphatic rings. The number of nitro groups is 1. The highest BCUT2D eigenvalue weighted by Gasteiger charge is 2.31. The minimum atomic E-state index is -0.480. The van der Waals surface area contributed by atoms with Crippen molar-refractivity contribution in [3.05, 3.63) is 39.4 Å². The standard InChI is InChI=1S/C17H23N3O4/c1-12-5-6-13(11-14(12)20(23)24)15(21)18-7-9-19(10-8-18)16(22)17(2,3)4/h5-6,11H,7-10H2,1-4H3. The highest BCUT2D eigenvalue weighted by Crippen LogP contribution is 2.22. The molecule has 0 atom stereocenters. The van der Waals surface area contributed by atoms with E-state index < -0.39 is 10.3 Å². The zero-order valence-corrected chi connectivity index (χ0v) is 14.5. The third-order valence-corrected chi connectivity index (χ3v) is 4.15. The van der Waals surface area contributed by atoms with Gasteiger partial charge in [-0.3, -0.25) is 19.7 Å². The molecule has 0 aromatic heterocycles. The number of benzene rings is 1. The Morgan fingerprint density at radius 3 is 2.12 bits per heavy atom. The number of aryl methyl sites for hydroxylation is 1. The van der Waals surface area contributed by atoms with Gasteiger partial charge in [-0.1, -0.05) is 26.8 Å². The van der Waals surface area contributed by atoms with Crippen LogP contribution in [0, 0.1) is 22.5 Å². The molecule has 0 spiro atoms. The fraction of sp³-hybridized carbons (Fsp3) is 0.529. The molecule has 0 aliphatic carbocycles. The van der Waals surface area contributed by atoms with Crippen LogP contribution in [0.5, 0.6) is 0 Å². The van der Waals surface area contributed by atoms with Crippen LogP contribution in [0.2, 0.25) is 0 Å². The van der Waals surface area contributed by atoms with E-state index in [4.69, 9.17) is 0 Å². The van der Waals surface area contributed by atoms with E-state index in [0.717, 1.165) is 0 Å². The minimum Gasteiger partial charge on any atom is -0.339 e. The molecule has 1 aromatic carbocycles. The number of rotatable bonds is 2. The van der Waals surface area contributed by atoms with Crippen molar-refractivity contribution in [1.29, 1.82) is 0 Å². The third-order valence-electron chi connectivity index (χ3n) is 4.15. The van der Waals surface area contributed by atoms with Gasteiger partial charge >= 0.3 is 0 Å². The zero-order chi connectivity index (χ0) is 18.1. The van der Waals surface area contributed by atoms with Gasteiger partial charge in [0.15, 0.2) is 0 Å². The quantitative estimate of drug-likeness (QED) is 0.614. The molecule has 0 radical (unpaired) electrons. The van der Waals surface area contributed by atoms with Gasteiger partial charge in [0.2, 0.25) is 5.91 Å². The van der Waals surface area contributed by atoms with Crippen LogP contribution >= 0.6 is 0 Å². The van der Waals surface area contributed by atoms with E-state index in [2.05, 4.69) is 0 Å². The monoisotopic (exact) mass is 333 g/mol. The van der Waals surface area contributed by atoms with Crippen LogP contribution in [0.3, 0.4) is 0 Å². The summed E-state index contributed by atoms with van der Waals surface area (Å²) in [5.74, 6) is -0.165. The van der Waals surface area contributed by atoms with E-state index in [1.54, 1.807) is 28.9 Å². The fourth-order valence-electron chi connectivity index (χ4n) is 2.71. The maximum atomic E-state index is 12.6. The lowest BCUT2D eigenvalue weighted by Crippen LogP contribution is -2.53. The second-order valence-electron chi connectivity index (χ2n) is 7.09. The van der Waals surface area contributed by atoms with Gasteiger partial charge in [0, 0.05) is 48.8 Å². The Labute approximate surface area is 141 Å². The molecule has 0 unspecified atom stereocenters. The Morgan fingerprint density at radius 1 is 1.08 bits per heavy atom. The molecule has 0 bridgehead atoms. The highest BCUT2D eigenvalue weighted by molar-refractivity contribution is 5.95. The maximum Gasteiger partial charge on any atom is 0.273 e. The van der Waals surface area contributed by atoms with Gasteiger partial charge in [-0.15, -0.1) is 0 Å². The van der Waals surface area contributed by atoms with Crippen molar-refractivity contribution in [3.63, 3.8) is 0 Å². The van der Waals surface area contributed by atoms with Crippen LogP contribution in [-0.2, 0) is 4.79 Å². The fourth-order valence-corrected chi connectivity index (χ4v) is 2.71. The molecule has 1 saturated heterocycles. The lowest BCUT2D eigenvalue weighted by Gasteiger charge is -2.37. The second kappa shape index (κ2) is 6.59. The van der Waals surface area contributed by atoms with Crippen molar-refractivity contribution in [3.8, 4) is 0 Å². The van der Waals surface area contributed by atoms with Crippen LogP contribution in [0.4, 0.5) is 5.69 Å². The highest BCUT2D eigenvalue weighted by atomic mass is 16.6. The Morgan fingerprint density at radius 2 is 1.62 bits per heavy atom. The number of hydrogen-bond donors (Lipinski definition) is 0. The lowest BCUT2D eigenvalue weighted by atomic mass is 9.94. The maximum absolute atomic E-state index is 12.6. The Kier molecular flexibility index (Phi) is 4.91. The first-order valence-corrected chi connectivity index (χ1v) is 7.95. The summed E-state index contributed by atoms with van der Waals surface area (Å²) in [5.41, 5.74) is 0.339. The van der Waals surface area contributed by atoms with Crippen molar-refractivity contribution < 1.29 is 14.5 Å². The van der Waals surface area contributed by atoms with Gasteiger partial charge in [0.05, 0.1) is 4.92 Å². The van der Waals surface area contributed by atoms with Gasteiger partial charge in [0.25, 0.3) is 11.6 Å². The van der Waals surface area contributed by atoms with Crippen molar-refractivity contribution in [2.45, 2.75) is 27.7 Å². The molecular formula is C17H23N3O4. The number of nitrogens with zero attached hydrogens (tertiary/aromatic N) is 3. The molecular weight excluding hydrogens is 310 g/mol. The average molecular weight is 333 g/mol. The summed E-state index contributed by atoms with van der Waals surface area (Å²) < 4.78 is 0. The van der Waals surface area contributed by atoms with E-state index in [0.29, 0.717) is 37.3 Å². The minimum absolute atomic E-state index is 0.0533. The summed E-state index contributed by atoms with van der Waals surface area (Å²) >= 11 is 0. The molecule has 2 rings (SSSR count). The topological polar surface area (TPSA) is 83.8 Å². The number of carbonyl (C=O) groups excluding carboxylic acids is 2. The van der Waals surface area contributed by atoms with Crippen molar-refractivity contribution >= 4 is 17.5 Å². The lowest BCUT2D eigenvalue weighted by molar-refractivity contribution is -0.385. The second-order valence-corrected chi connectivity index (χ2v) is 7.09. The van der Waals surface area contributed by atoms with Crippen LogP contribution in [0.25, 0.3) is 0 Å². The number of amides is 2. The van der Waals surface area contributed by atoms with Crippen LogP contribution in [-0.4, -0.2) is 52.7 Å². The third kappa shape index (κ3) is 3.72. The van der Waals surface area contributed by atoms with E-state index in [1.165, 1.54) is 6.07 Å². The summed E-state index contributed by atoms with van der Waals surface area (Å²) in [6.07, 6.45) is 0. The summed E-state index contributed by atoms with van der Waals surface area (Å²) in [5, 5.41) is 11.0. The van der Waals surface area contributed by atoms with Crippen molar-refractivity contribution in [2.75, 3.05) is 26.2 Å².